The number of amides is 3. The number of benzene rings is 1. The van der Waals surface area contributed by atoms with Gasteiger partial charge in [0.1, 0.15) is 5.54 Å². The fourth-order valence-electron chi connectivity index (χ4n) is 2.74. The smallest absolute Gasteiger partial charge is 0.319 e. The third kappa shape index (κ3) is 1.37. The van der Waals surface area contributed by atoms with Gasteiger partial charge in [0.2, 0.25) is 0 Å². The van der Waals surface area contributed by atoms with Crippen molar-refractivity contribution in [2.45, 2.75) is 24.8 Å². The Morgan fingerprint density at radius 1 is 1.12 bits per heavy atom. The highest BCUT2D eigenvalue weighted by molar-refractivity contribution is 6.07. The highest BCUT2D eigenvalue weighted by Gasteiger charge is 2.54. The Morgan fingerprint density at radius 2 is 1.82 bits per heavy atom. The van der Waals surface area contributed by atoms with Crippen molar-refractivity contribution in [2.24, 2.45) is 5.92 Å². The van der Waals surface area contributed by atoms with Gasteiger partial charge in [0.15, 0.2) is 0 Å². The highest BCUT2D eigenvalue weighted by atomic mass is 16.2. The van der Waals surface area contributed by atoms with Crippen LogP contribution in [0.4, 0.5) is 4.79 Å². The zero-order chi connectivity index (χ0) is 11.9. The highest BCUT2D eigenvalue weighted by Crippen LogP contribution is 2.44. The monoisotopic (exact) mass is 230 g/mol. The number of carbonyl (C=O) groups excluding carboxylic acids is 2. The van der Waals surface area contributed by atoms with E-state index in [4.69, 9.17) is 0 Å². The summed E-state index contributed by atoms with van der Waals surface area (Å²) in [7, 11) is 0. The van der Waals surface area contributed by atoms with Gasteiger partial charge in [0, 0.05) is 0 Å². The molecule has 0 bridgehead atoms. The van der Waals surface area contributed by atoms with Crippen molar-refractivity contribution < 1.29 is 9.59 Å². The Bertz CT molecular complexity index is 468. The molecule has 1 aromatic rings. The number of rotatable bonds is 2. The largest absolute Gasteiger partial charge is 0.322 e. The third-order valence-corrected chi connectivity index (χ3v) is 3.84. The third-order valence-electron chi connectivity index (χ3n) is 3.84. The van der Waals surface area contributed by atoms with E-state index in [1.54, 1.807) is 0 Å². The Hall–Kier alpha value is -1.84. The van der Waals surface area contributed by atoms with Gasteiger partial charge in [0.25, 0.3) is 5.91 Å². The minimum absolute atomic E-state index is 0.210. The minimum atomic E-state index is -0.837. The molecule has 1 aliphatic carbocycles. The van der Waals surface area contributed by atoms with Gasteiger partial charge in [-0.25, -0.2) is 4.79 Å². The molecule has 17 heavy (non-hydrogen) atoms. The maximum absolute atomic E-state index is 12.1. The fraction of sp³-hybridized carbons (Fsp3) is 0.385. The average Bonchev–Trinajstić information content (AvgIpc) is 2.54. The van der Waals surface area contributed by atoms with Crippen LogP contribution in [0.1, 0.15) is 24.8 Å². The van der Waals surface area contributed by atoms with E-state index in [0.717, 1.165) is 24.8 Å². The molecule has 1 saturated carbocycles. The molecule has 4 nitrogen and oxygen atoms in total. The second kappa shape index (κ2) is 3.58. The summed E-state index contributed by atoms with van der Waals surface area (Å²) in [5, 5.41) is 5.20. The summed E-state index contributed by atoms with van der Waals surface area (Å²) in [4.78, 5) is 23.6. The lowest BCUT2D eigenvalue weighted by molar-refractivity contribution is -0.127. The molecular weight excluding hydrogens is 216 g/mol. The van der Waals surface area contributed by atoms with Crippen LogP contribution < -0.4 is 10.6 Å². The average molecular weight is 230 g/mol. The Morgan fingerprint density at radius 3 is 2.29 bits per heavy atom. The SMILES string of the molecule is O=C1NC(=O)C(c2ccccc2)(C2CCC2)N1. The summed E-state index contributed by atoms with van der Waals surface area (Å²) in [6.07, 6.45) is 3.10. The first-order chi connectivity index (χ1) is 8.23. The molecular formula is C13H14N2O2. The second-order valence-corrected chi connectivity index (χ2v) is 4.71. The van der Waals surface area contributed by atoms with Gasteiger partial charge >= 0.3 is 6.03 Å². The molecule has 2 N–H and O–H groups in total. The second-order valence-electron chi connectivity index (χ2n) is 4.71. The van der Waals surface area contributed by atoms with Crippen molar-refractivity contribution in [1.82, 2.24) is 10.6 Å². The number of imide groups is 1. The molecule has 2 aliphatic rings. The first-order valence-electron chi connectivity index (χ1n) is 5.92. The van der Waals surface area contributed by atoms with E-state index in [-0.39, 0.29) is 17.9 Å². The predicted molar refractivity (Wildman–Crippen MR) is 62.1 cm³/mol. The molecule has 1 saturated heterocycles. The van der Waals surface area contributed by atoms with Crippen molar-refractivity contribution in [3.8, 4) is 0 Å². The minimum Gasteiger partial charge on any atom is -0.319 e. The normalized spacial score (nSPS) is 28.5. The molecule has 4 heteroatoms. The molecule has 1 atom stereocenters. The molecule has 3 amide bonds. The lowest BCUT2D eigenvalue weighted by atomic mass is 9.67. The maximum atomic E-state index is 12.1. The van der Waals surface area contributed by atoms with Crippen LogP contribution in [0.25, 0.3) is 0 Å². The summed E-state index contributed by atoms with van der Waals surface area (Å²) in [6, 6.07) is 9.13. The Labute approximate surface area is 99.4 Å². The van der Waals surface area contributed by atoms with Crippen molar-refractivity contribution in [2.75, 3.05) is 0 Å². The van der Waals surface area contributed by atoms with E-state index in [0.29, 0.717) is 0 Å². The molecule has 0 aromatic heterocycles. The zero-order valence-electron chi connectivity index (χ0n) is 9.40. The molecule has 3 rings (SSSR count). The standard InChI is InChI=1S/C13H14N2O2/c16-11-13(10-7-4-8-10,15-12(17)14-11)9-5-2-1-3-6-9/h1-3,5-6,10H,4,7-8H2,(H2,14,15,16,17). The summed E-state index contributed by atoms with van der Waals surface area (Å²) >= 11 is 0. The van der Waals surface area contributed by atoms with E-state index >= 15 is 0 Å². The van der Waals surface area contributed by atoms with Gasteiger partial charge in [-0.3, -0.25) is 10.1 Å². The molecule has 1 aromatic carbocycles. The van der Waals surface area contributed by atoms with Gasteiger partial charge in [0.05, 0.1) is 0 Å². The Balaban J connectivity index is 2.08. The summed E-state index contributed by atoms with van der Waals surface area (Å²) in [5.74, 6) is 0.00903. The van der Waals surface area contributed by atoms with E-state index in [1.165, 1.54) is 0 Å². The van der Waals surface area contributed by atoms with E-state index in [1.807, 2.05) is 30.3 Å². The van der Waals surface area contributed by atoms with E-state index < -0.39 is 5.54 Å². The first kappa shape index (κ1) is 10.3. The number of nitrogens with one attached hydrogen (secondary N) is 2. The van der Waals surface area contributed by atoms with E-state index in [2.05, 4.69) is 10.6 Å². The van der Waals surface area contributed by atoms with Gasteiger partial charge < -0.3 is 5.32 Å². The lowest BCUT2D eigenvalue weighted by Crippen LogP contribution is -2.52. The fourth-order valence-corrected chi connectivity index (χ4v) is 2.74. The number of carbonyl (C=O) groups is 2. The van der Waals surface area contributed by atoms with Crippen LogP contribution in [-0.2, 0) is 10.3 Å². The number of hydrogen-bond donors (Lipinski definition) is 2. The van der Waals surface area contributed by atoms with Gasteiger partial charge in [-0.05, 0) is 24.3 Å². The van der Waals surface area contributed by atoms with E-state index in [9.17, 15) is 9.59 Å². The number of urea groups is 1. The maximum Gasteiger partial charge on any atom is 0.322 e. The van der Waals surface area contributed by atoms with Gasteiger partial charge in [-0.2, -0.15) is 0 Å². The quantitative estimate of drug-likeness (QED) is 0.757. The predicted octanol–water partition coefficient (Wildman–Crippen LogP) is 1.52. The van der Waals surface area contributed by atoms with Crippen molar-refractivity contribution in [1.29, 1.82) is 0 Å². The van der Waals surface area contributed by atoms with Crippen molar-refractivity contribution in [3.05, 3.63) is 35.9 Å². The van der Waals surface area contributed by atoms with Crippen LogP contribution in [0, 0.1) is 5.92 Å². The van der Waals surface area contributed by atoms with Gasteiger partial charge in [-0.15, -0.1) is 0 Å². The molecule has 0 spiro atoms. The summed E-state index contributed by atoms with van der Waals surface area (Å²) in [6.45, 7) is 0. The van der Waals surface area contributed by atoms with Crippen molar-refractivity contribution in [3.63, 3.8) is 0 Å². The van der Waals surface area contributed by atoms with Crippen LogP contribution in [-0.4, -0.2) is 11.9 Å². The topological polar surface area (TPSA) is 58.2 Å². The lowest BCUT2D eigenvalue weighted by Gasteiger charge is -2.40. The number of hydrogen-bond acceptors (Lipinski definition) is 2. The van der Waals surface area contributed by atoms with Crippen LogP contribution in [0.15, 0.2) is 30.3 Å². The summed E-state index contributed by atoms with van der Waals surface area (Å²) < 4.78 is 0. The molecule has 2 fully saturated rings. The van der Waals surface area contributed by atoms with Crippen LogP contribution in [0.3, 0.4) is 0 Å². The van der Waals surface area contributed by atoms with Crippen LogP contribution in [0.2, 0.25) is 0 Å². The first-order valence-corrected chi connectivity index (χ1v) is 5.92. The van der Waals surface area contributed by atoms with Gasteiger partial charge in [-0.1, -0.05) is 36.8 Å². The molecule has 1 heterocycles. The molecule has 1 unspecified atom stereocenters. The van der Waals surface area contributed by atoms with Crippen LogP contribution in [0.5, 0.6) is 0 Å². The van der Waals surface area contributed by atoms with Crippen LogP contribution >= 0.6 is 0 Å². The molecule has 0 radical (unpaired) electrons. The Kier molecular flexibility index (Phi) is 2.18. The molecule has 1 aliphatic heterocycles. The summed E-state index contributed by atoms with van der Waals surface area (Å²) in [5.41, 5.74) is 0.0457. The zero-order valence-corrected chi connectivity index (χ0v) is 9.40. The molecule has 88 valence electrons. The van der Waals surface area contributed by atoms with Crippen molar-refractivity contribution >= 4 is 11.9 Å².